The predicted molar refractivity (Wildman–Crippen MR) is 84.0 cm³/mol. The van der Waals surface area contributed by atoms with Crippen molar-refractivity contribution >= 4 is 40.5 Å². The van der Waals surface area contributed by atoms with Gasteiger partial charge < -0.3 is 15.4 Å². The molecular weight excluding hydrogens is 311 g/mol. The van der Waals surface area contributed by atoms with Gasteiger partial charge in [-0.15, -0.1) is 0 Å². The topological polar surface area (TPSA) is 55.6 Å². The molecule has 0 spiro atoms. The number of nitrogens with two attached hydrogens (primary N) is 1. The zero-order valence-corrected chi connectivity index (χ0v) is 12.5. The first kappa shape index (κ1) is 14.0. The van der Waals surface area contributed by atoms with Crippen LogP contribution >= 0.6 is 23.2 Å². The summed E-state index contributed by atoms with van der Waals surface area (Å²) in [5, 5.41) is 1.05. The van der Waals surface area contributed by atoms with E-state index in [2.05, 4.69) is 0 Å². The Morgan fingerprint density at radius 3 is 2.62 bits per heavy atom. The fourth-order valence-electron chi connectivity index (χ4n) is 2.24. The number of nitrogen functional groups attached to an aromatic ring is 1. The van der Waals surface area contributed by atoms with Gasteiger partial charge in [0.05, 0.1) is 12.2 Å². The lowest BCUT2D eigenvalue weighted by atomic mass is 10.1. The van der Waals surface area contributed by atoms with Gasteiger partial charge in [-0.3, -0.25) is 4.79 Å². The van der Waals surface area contributed by atoms with Crippen molar-refractivity contribution in [1.82, 2.24) is 0 Å². The molecule has 2 aromatic rings. The molecule has 0 atom stereocenters. The quantitative estimate of drug-likeness (QED) is 0.861. The fraction of sp³-hybridized carbons (Fsp3) is 0.133. The van der Waals surface area contributed by atoms with Gasteiger partial charge in [-0.1, -0.05) is 29.3 Å². The number of carbonyl (C=O) groups excluding carboxylic acids is 1. The normalized spacial score (nSPS) is 13.8. The first-order valence-electron chi connectivity index (χ1n) is 6.32. The van der Waals surface area contributed by atoms with E-state index in [-0.39, 0.29) is 19.1 Å². The van der Waals surface area contributed by atoms with E-state index in [1.54, 1.807) is 41.3 Å². The van der Waals surface area contributed by atoms with Gasteiger partial charge >= 0.3 is 0 Å². The van der Waals surface area contributed by atoms with Crippen molar-refractivity contribution in [3.63, 3.8) is 0 Å². The number of carbonyl (C=O) groups is 1. The van der Waals surface area contributed by atoms with Crippen molar-refractivity contribution in [3.8, 4) is 5.75 Å². The maximum Gasteiger partial charge on any atom is 0.265 e. The van der Waals surface area contributed by atoms with E-state index < -0.39 is 0 Å². The van der Waals surface area contributed by atoms with Crippen molar-refractivity contribution in [2.75, 3.05) is 17.2 Å². The zero-order chi connectivity index (χ0) is 15.0. The van der Waals surface area contributed by atoms with E-state index in [9.17, 15) is 4.79 Å². The highest BCUT2D eigenvalue weighted by Crippen LogP contribution is 2.36. The van der Waals surface area contributed by atoms with Gasteiger partial charge in [0.2, 0.25) is 0 Å². The van der Waals surface area contributed by atoms with Crippen LogP contribution < -0.4 is 15.4 Å². The largest absolute Gasteiger partial charge is 0.481 e. The van der Waals surface area contributed by atoms with Gasteiger partial charge in [-0.05, 0) is 24.3 Å². The number of hydrogen-bond acceptors (Lipinski definition) is 3. The van der Waals surface area contributed by atoms with Gasteiger partial charge in [-0.2, -0.15) is 0 Å². The highest BCUT2D eigenvalue weighted by molar-refractivity contribution is 6.36. The molecule has 3 rings (SSSR count). The van der Waals surface area contributed by atoms with E-state index in [0.717, 1.165) is 0 Å². The molecule has 1 aliphatic heterocycles. The minimum atomic E-state index is -0.150. The maximum atomic E-state index is 12.2. The summed E-state index contributed by atoms with van der Waals surface area (Å²) in [6, 6.07) is 10.4. The number of anilines is 2. The number of nitrogens with zero attached hydrogens (tertiary/aromatic N) is 1. The summed E-state index contributed by atoms with van der Waals surface area (Å²) in [6.07, 6.45) is 0. The Morgan fingerprint density at radius 1 is 1.19 bits per heavy atom. The minimum absolute atomic E-state index is 0.0292. The van der Waals surface area contributed by atoms with E-state index in [1.165, 1.54) is 0 Å². The number of ether oxygens (including phenoxy) is 1. The first-order chi connectivity index (χ1) is 10.1. The number of hydrogen-bond donors (Lipinski definition) is 1. The lowest BCUT2D eigenvalue weighted by Gasteiger charge is -2.30. The SMILES string of the molecule is Nc1ccc2c(c1)OCC(=O)N2Cc1c(Cl)cccc1Cl. The predicted octanol–water partition coefficient (Wildman–Crippen LogP) is 3.50. The van der Waals surface area contributed by atoms with Crippen LogP contribution in [0.25, 0.3) is 0 Å². The third kappa shape index (κ3) is 2.64. The summed E-state index contributed by atoms with van der Waals surface area (Å²) >= 11 is 12.4. The van der Waals surface area contributed by atoms with Gasteiger partial charge in [-0.25, -0.2) is 0 Å². The average Bonchev–Trinajstić information content (AvgIpc) is 2.45. The molecule has 0 unspecified atom stereocenters. The highest BCUT2D eigenvalue weighted by atomic mass is 35.5. The smallest absolute Gasteiger partial charge is 0.265 e. The summed E-state index contributed by atoms with van der Waals surface area (Å²) in [7, 11) is 0. The number of rotatable bonds is 2. The van der Waals surface area contributed by atoms with Gasteiger partial charge in [0.15, 0.2) is 6.61 Å². The lowest BCUT2D eigenvalue weighted by molar-refractivity contribution is -0.121. The van der Waals surface area contributed by atoms with Gasteiger partial charge in [0.25, 0.3) is 5.91 Å². The molecule has 0 aliphatic carbocycles. The lowest BCUT2D eigenvalue weighted by Crippen LogP contribution is -2.38. The first-order valence-corrected chi connectivity index (χ1v) is 7.07. The van der Waals surface area contributed by atoms with Crippen LogP contribution in [-0.4, -0.2) is 12.5 Å². The Morgan fingerprint density at radius 2 is 1.90 bits per heavy atom. The second-order valence-electron chi connectivity index (χ2n) is 4.70. The molecule has 2 N–H and O–H groups in total. The van der Waals surface area contributed by atoms with Crippen LogP contribution in [0.3, 0.4) is 0 Å². The van der Waals surface area contributed by atoms with Gasteiger partial charge in [0, 0.05) is 27.4 Å². The molecule has 1 amide bonds. The van der Waals surface area contributed by atoms with Crippen LogP contribution in [-0.2, 0) is 11.3 Å². The van der Waals surface area contributed by atoms with Crippen molar-refractivity contribution in [3.05, 3.63) is 52.0 Å². The number of benzene rings is 2. The Labute approximate surface area is 132 Å². The highest BCUT2D eigenvalue weighted by Gasteiger charge is 2.26. The van der Waals surface area contributed by atoms with Crippen LogP contribution in [0, 0.1) is 0 Å². The van der Waals surface area contributed by atoms with Crippen molar-refractivity contribution in [2.45, 2.75) is 6.54 Å². The molecule has 21 heavy (non-hydrogen) atoms. The molecule has 2 aromatic carbocycles. The van der Waals surface area contributed by atoms with E-state index in [0.29, 0.717) is 32.7 Å². The Kier molecular flexibility index (Phi) is 3.66. The third-order valence-electron chi connectivity index (χ3n) is 3.30. The van der Waals surface area contributed by atoms with E-state index >= 15 is 0 Å². The van der Waals surface area contributed by atoms with Crippen molar-refractivity contribution < 1.29 is 9.53 Å². The molecule has 1 heterocycles. The monoisotopic (exact) mass is 322 g/mol. The minimum Gasteiger partial charge on any atom is -0.481 e. The summed E-state index contributed by atoms with van der Waals surface area (Å²) in [5.41, 5.74) is 7.69. The molecule has 0 saturated carbocycles. The second-order valence-corrected chi connectivity index (χ2v) is 5.51. The van der Waals surface area contributed by atoms with Crippen LogP contribution in [0.15, 0.2) is 36.4 Å². The van der Waals surface area contributed by atoms with Crippen molar-refractivity contribution in [1.29, 1.82) is 0 Å². The van der Waals surface area contributed by atoms with Crippen LogP contribution in [0.2, 0.25) is 10.0 Å². The summed E-state index contributed by atoms with van der Waals surface area (Å²) < 4.78 is 5.41. The third-order valence-corrected chi connectivity index (χ3v) is 4.01. The fourth-order valence-corrected chi connectivity index (χ4v) is 2.75. The molecule has 1 aliphatic rings. The van der Waals surface area contributed by atoms with E-state index in [4.69, 9.17) is 33.7 Å². The average molecular weight is 323 g/mol. The Bertz CT molecular complexity index is 699. The zero-order valence-electron chi connectivity index (χ0n) is 11.0. The molecule has 0 aromatic heterocycles. The van der Waals surface area contributed by atoms with Crippen LogP contribution in [0.5, 0.6) is 5.75 Å². The van der Waals surface area contributed by atoms with E-state index in [1.807, 2.05) is 0 Å². The molecule has 4 nitrogen and oxygen atoms in total. The number of halogens is 2. The molecule has 108 valence electrons. The number of fused-ring (bicyclic) bond motifs is 1. The molecule has 6 heteroatoms. The molecule has 0 bridgehead atoms. The van der Waals surface area contributed by atoms with Crippen LogP contribution in [0.1, 0.15) is 5.56 Å². The summed E-state index contributed by atoms with van der Waals surface area (Å²) in [6.45, 7) is 0.260. The molecule has 0 fully saturated rings. The van der Waals surface area contributed by atoms with Crippen molar-refractivity contribution in [2.24, 2.45) is 0 Å². The summed E-state index contributed by atoms with van der Waals surface area (Å²) in [5.74, 6) is 0.432. The molecule has 0 radical (unpaired) electrons. The molecule has 0 saturated heterocycles. The van der Waals surface area contributed by atoms with Gasteiger partial charge in [0.1, 0.15) is 5.75 Å². The second kappa shape index (κ2) is 5.47. The van der Waals surface area contributed by atoms with Crippen LogP contribution in [0.4, 0.5) is 11.4 Å². The Balaban J connectivity index is 2.01. The number of amides is 1. The maximum absolute atomic E-state index is 12.2. The standard InChI is InChI=1S/C15H12Cl2N2O2/c16-11-2-1-3-12(17)10(11)7-19-13-5-4-9(18)6-14(13)21-8-15(19)20/h1-6H,7-8,18H2. The summed E-state index contributed by atoms with van der Waals surface area (Å²) in [4.78, 5) is 13.8. The Hall–Kier alpha value is -1.91. The molecular formula is C15H12Cl2N2O2.